The molecule has 0 spiro atoms. The van der Waals surface area contributed by atoms with E-state index in [1.165, 1.54) is 25.7 Å². The van der Waals surface area contributed by atoms with Crippen LogP contribution in [0.15, 0.2) is 0 Å². The van der Waals surface area contributed by atoms with Gasteiger partial charge in [0, 0.05) is 0 Å². The topological polar surface area (TPSA) is 24.1 Å². The van der Waals surface area contributed by atoms with Crippen LogP contribution >= 0.6 is 0 Å². The summed E-state index contributed by atoms with van der Waals surface area (Å²) in [7, 11) is -1.05. The zero-order chi connectivity index (χ0) is 12.2. The molecule has 0 aromatic carbocycles. The van der Waals surface area contributed by atoms with Gasteiger partial charge in [-0.3, -0.25) is 0 Å². The highest BCUT2D eigenvalue weighted by atomic mass is 28.3. The summed E-state index contributed by atoms with van der Waals surface area (Å²) in [6.45, 7) is 14.0. The summed E-state index contributed by atoms with van der Waals surface area (Å²) in [6.07, 6.45) is 5.70. The van der Waals surface area contributed by atoms with Crippen molar-refractivity contribution in [3.05, 3.63) is 0 Å². The fourth-order valence-electron chi connectivity index (χ4n) is 3.35. The summed E-state index contributed by atoms with van der Waals surface area (Å²) >= 11 is 0. The van der Waals surface area contributed by atoms with Crippen LogP contribution in [-0.2, 0) is 0 Å². The molecule has 0 unspecified atom stereocenters. The molecule has 96 valence electrons. The molecule has 1 aliphatic carbocycles. The maximum atomic E-state index is 3.80. The highest BCUT2D eigenvalue weighted by Gasteiger charge is 2.50. The van der Waals surface area contributed by atoms with E-state index in [4.69, 9.17) is 0 Å². The average Bonchev–Trinajstić information content (AvgIpc) is 2.66. The minimum absolute atomic E-state index is 0.435. The Morgan fingerprint density at radius 3 is 1.75 bits per heavy atom. The second kappa shape index (κ2) is 5.65. The molecule has 0 aromatic heterocycles. The monoisotopic (exact) mass is 242 g/mol. The van der Waals surface area contributed by atoms with Crippen molar-refractivity contribution in [3.63, 3.8) is 0 Å². The molecule has 1 saturated carbocycles. The van der Waals surface area contributed by atoms with Gasteiger partial charge in [-0.15, -0.1) is 0 Å². The third-order valence-electron chi connectivity index (χ3n) is 4.36. The summed E-state index contributed by atoms with van der Waals surface area (Å²) in [5, 5.41) is 0.568. The molecule has 2 N–H and O–H groups in total. The third kappa shape index (κ3) is 2.69. The van der Waals surface area contributed by atoms with Gasteiger partial charge in [-0.1, -0.05) is 47.5 Å². The zero-order valence-corrected chi connectivity index (χ0v) is 13.0. The minimum atomic E-state index is -1.05. The first-order chi connectivity index (χ1) is 7.48. The summed E-state index contributed by atoms with van der Waals surface area (Å²) in [5.41, 5.74) is 0.435. The van der Waals surface area contributed by atoms with E-state index in [1.54, 1.807) is 0 Å². The molecule has 3 heteroatoms. The van der Waals surface area contributed by atoms with E-state index in [-0.39, 0.29) is 0 Å². The summed E-state index contributed by atoms with van der Waals surface area (Å²) < 4.78 is 0. The lowest BCUT2D eigenvalue weighted by Gasteiger charge is -2.47. The normalized spacial score (nSPS) is 20.6. The molecule has 0 aromatic rings. The van der Waals surface area contributed by atoms with Crippen molar-refractivity contribution >= 4 is 9.12 Å². The third-order valence-corrected chi connectivity index (χ3v) is 8.54. The maximum absolute atomic E-state index is 3.80. The Morgan fingerprint density at radius 2 is 1.44 bits per heavy atom. The Hall–Kier alpha value is 0.137. The molecule has 1 aliphatic rings. The van der Waals surface area contributed by atoms with E-state index >= 15 is 0 Å². The van der Waals surface area contributed by atoms with Gasteiger partial charge in [0.25, 0.3) is 0 Å². The highest BCUT2D eigenvalue weighted by molar-refractivity contribution is 6.57. The van der Waals surface area contributed by atoms with Crippen LogP contribution in [0.3, 0.4) is 0 Å². The van der Waals surface area contributed by atoms with E-state index < -0.39 is 9.12 Å². The maximum Gasteiger partial charge on any atom is 0.191 e. The van der Waals surface area contributed by atoms with Crippen molar-refractivity contribution in [1.29, 1.82) is 0 Å². The van der Waals surface area contributed by atoms with Crippen molar-refractivity contribution in [2.24, 2.45) is 5.41 Å². The summed E-state index contributed by atoms with van der Waals surface area (Å²) in [4.78, 5) is 7.60. The van der Waals surface area contributed by atoms with Gasteiger partial charge in [0.05, 0.1) is 0 Å². The van der Waals surface area contributed by atoms with Crippen LogP contribution in [0.1, 0.15) is 60.3 Å². The van der Waals surface area contributed by atoms with Gasteiger partial charge in [0.15, 0.2) is 9.12 Å². The van der Waals surface area contributed by atoms with Crippen LogP contribution in [0.5, 0.6) is 0 Å². The van der Waals surface area contributed by atoms with Crippen LogP contribution in [0, 0.1) is 5.41 Å². The van der Waals surface area contributed by atoms with Gasteiger partial charge < -0.3 is 9.96 Å². The Balaban J connectivity index is 2.89. The van der Waals surface area contributed by atoms with Crippen molar-refractivity contribution in [1.82, 2.24) is 9.96 Å². The largest absolute Gasteiger partial charge is 0.328 e. The standard InChI is InChI=1S/C13H30N2Si/c1-6-14-16(15-7-2)13(12(3,4)5)10-8-9-11-13/h14-16H,6-11H2,1-5H3. The minimum Gasteiger partial charge on any atom is -0.328 e. The first-order valence-corrected chi connectivity index (χ1v) is 8.68. The van der Waals surface area contributed by atoms with Gasteiger partial charge in [0.2, 0.25) is 0 Å². The van der Waals surface area contributed by atoms with Gasteiger partial charge in [-0.25, -0.2) is 0 Å². The molecule has 1 rings (SSSR count). The molecule has 2 nitrogen and oxygen atoms in total. The van der Waals surface area contributed by atoms with E-state index in [0.717, 1.165) is 13.1 Å². The molecule has 0 saturated heterocycles. The summed E-state index contributed by atoms with van der Waals surface area (Å²) in [6, 6.07) is 0. The van der Waals surface area contributed by atoms with Gasteiger partial charge >= 0.3 is 0 Å². The van der Waals surface area contributed by atoms with E-state index in [2.05, 4.69) is 44.6 Å². The van der Waals surface area contributed by atoms with Gasteiger partial charge in [-0.05, 0) is 36.4 Å². The van der Waals surface area contributed by atoms with Gasteiger partial charge in [-0.2, -0.15) is 0 Å². The van der Waals surface area contributed by atoms with Crippen LogP contribution in [0.2, 0.25) is 5.04 Å². The first-order valence-electron chi connectivity index (χ1n) is 6.94. The second-order valence-corrected chi connectivity index (χ2v) is 8.95. The van der Waals surface area contributed by atoms with Crippen LogP contribution in [-0.4, -0.2) is 22.2 Å². The SMILES string of the molecule is CCN[SiH](NCC)C1(C(C)(C)C)CCCC1. The summed E-state index contributed by atoms with van der Waals surface area (Å²) in [5.74, 6) is 0. The molecule has 0 heterocycles. The van der Waals surface area contributed by atoms with Crippen LogP contribution in [0.25, 0.3) is 0 Å². The van der Waals surface area contributed by atoms with Crippen molar-refractivity contribution in [2.75, 3.05) is 13.1 Å². The predicted octanol–water partition coefficient (Wildman–Crippen LogP) is 2.79. The average molecular weight is 242 g/mol. The number of hydrogen-bond acceptors (Lipinski definition) is 2. The van der Waals surface area contributed by atoms with Crippen LogP contribution < -0.4 is 9.96 Å². The zero-order valence-electron chi connectivity index (χ0n) is 11.8. The van der Waals surface area contributed by atoms with Crippen LogP contribution in [0.4, 0.5) is 0 Å². The molecular formula is C13H30N2Si. The molecule has 0 aliphatic heterocycles. The lowest BCUT2D eigenvalue weighted by molar-refractivity contribution is 0.251. The molecule has 0 bridgehead atoms. The van der Waals surface area contributed by atoms with E-state index in [0.29, 0.717) is 10.5 Å². The highest BCUT2D eigenvalue weighted by Crippen LogP contribution is 2.58. The molecule has 0 radical (unpaired) electrons. The molecule has 16 heavy (non-hydrogen) atoms. The lowest BCUT2D eigenvalue weighted by Crippen LogP contribution is -2.59. The second-order valence-electron chi connectivity index (χ2n) is 6.16. The molecule has 1 fully saturated rings. The molecular weight excluding hydrogens is 212 g/mol. The number of hydrogen-bond donors (Lipinski definition) is 2. The molecule has 0 atom stereocenters. The lowest BCUT2D eigenvalue weighted by atomic mass is 9.78. The smallest absolute Gasteiger partial charge is 0.191 e. The molecule has 0 amide bonds. The Bertz CT molecular complexity index is 198. The van der Waals surface area contributed by atoms with E-state index in [1.807, 2.05) is 0 Å². The van der Waals surface area contributed by atoms with Gasteiger partial charge in [0.1, 0.15) is 0 Å². The predicted molar refractivity (Wildman–Crippen MR) is 75.1 cm³/mol. The fourth-order valence-corrected chi connectivity index (χ4v) is 6.94. The Kier molecular flexibility index (Phi) is 5.01. The number of nitrogens with one attached hydrogen (secondary N) is 2. The van der Waals surface area contributed by atoms with Crippen molar-refractivity contribution < 1.29 is 0 Å². The van der Waals surface area contributed by atoms with Crippen molar-refractivity contribution in [3.8, 4) is 0 Å². The Morgan fingerprint density at radius 1 is 1.00 bits per heavy atom. The fraction of sp³-hybridized carbons (Fsp3) is 1.00. The van der Waals surface area contributed by atoms with E-state index in [9.17, 15) is 0 Å². The Labute approximate surface area is 103 Å². The quantitative estimate of drug-likeness (QED) is 0.725. The number of rotatable bonds is 5. The first kappa shape index (κ1) is 14.2. The van der Waals surface area contributed by atoms with Crippen molar-refractivity contribution in [2.45, 2.75) is 65.3 Å².